The highest BCUT2D eigenvalue weighted by atomic mass is 16.4. The van der Waals surface area contributed by atoms with Crippen molar-refractivity contribution >= 4 is 5.97 Å². The molecule has 1 fully saturated rings. The molecule has 1 aliphatic heterocycles. The Morgan fingerprint density at radius 2 is 1.83 bits per heavy atom. The number of carboxylic acid groups (broad SMARTS) is 1. The molecule has 1 saturated heterocycles. The minimum Gasteiger partial charge on any atom is -0.481 e. The standard InChI is InChI=1S/C30H34N4O2/c1-4-27-24(19-34-12-10-21(11-13-34)30(35)36)6-5-7-28(27)26-17-32-29(33-18-26)23-9-8-22(14-20(2)3)25(15-23)16-31/h5-9,15,17-18,20-21H,4,10-14,19H2,1-3H3,(H,35,36). The molecule has 6 nitrogen and oxygen atoms in total. The van der Waals surface area contributed by atoms with E-state index >= 15 is 0 Å². The molecule has 0 aliphatic carbocycles. The average molecular weight is 483 g/mol. The van der Waals surface area contributed by atoms with E-state index < -0.39 is 5.97 Å². The van der Waals surface area contributed by atoms with E-state index in [0.717, 1.165) is 54.7 Å². The molecule has 4 rings (SSSR count). The van der Waals surface area contributed by atoms with Gasteiger partial charge in [0, 0.05) is 30.1 Å². The fourth-order valence-electron chi connectivity index (χ4n) is 5.10. The number of hydrogen-bond donors (Lipinski definition) is 1. The first-order valence-corrected chi connectivity index (χ1v) is 12.8. The zero-order chi connectivity index (χ0) is 25.7. The van der Waals surface area contributed by atoms with E-state index in [4.69, 9.17) is 0 Å². The van der Waals surface area contributed by atoms with Gasteiger partial charge >= 0.3 is 5.97 Å². The molecule has 2 aromatic carbocycles. The molecule has 0 bridgehead atoms. The average Bonchev–Trinajstić information content (AvgIpc) is 2.89. The fraction of sp³-hybridized carbons (Fsp3) is 0.400. The number of likely N-dealkylation sites (tertiary alicyclic amines) is 1. The van der Waals surface area contributed by atoms with Crippen molar-refractivity contribution in [3.05, 3.63) is 71.0 Å². The molecule has 186 valence electrons. The van der Waals surface area contributed by atoms with E-state index in [1.54, 1.807) is 0 Å². The van der Waals surface area contributed by atoms with Crippen LogP contribution in [0.25, 0.3) is 22.5 Å². The van der Waals surface area contributed by atoms with Gasteiger partial charge in [-0.1, -0.05) is 51.1 Å². The van der Waals surface area contributed by atoms with Gasteiger partial charge in [0.1, 0.15) is 0 Å². The summed E-state index contributed by atoms with van der Waals surface area (Å²) in [4.78, 5) is 22.9. The van der Waals surface area contributed by atoms with Gasteiger partial charge in [-0.3, -0.25) is 9.69 Å². The van der Waals surface area contributed by atoms with Crippen LogP contribution in [-0.4, -0.2) is 39.0 Å². The maximum absolute atomic E-state index is 11.3. The van der Waals surface area contributed by atoms with Crippen LogP contribution < -0.4 is 0 Å². The van der Waals surface area contributed by atoms with E-state index in [1.165, 1.54) is 11.1 Å². The van der Waals surface area contributed by atoms with Crippen LogP contribution in [0.5, 0.6) is 0 Å². The number of carboxylic acids is 1. The van der Waals surface area contributed by atoms with Gasteiger partial charge in [0.2, 0.25) is 0 Å². The molecule has 3 aromatic rings. The highest BCUT2D eigenvalue weighted by Gasteiger charge is 2.25. The van der Waals surface area contributed by atoms with Crippen LogP contribution in [0.15, 0.2) is 48.8 Å². The molecule has 6 heteroatoms. The monoisotopic (exact) mass is 482 g/mol. The summed E-state index contributed by atoms with van der Waals surface area (Å²) >= 11 is 0. The lowest BCUT2D eigenvalue weighted by Gasteiger charge is -2.30. The summed E-state index contributed by atoms with van der Waals surface area (Å²) in [5, 5.41) is 18.9. The van der Waals surface area contributed by atoms with Crippen molar-refractivity contribution in [2.45, 2.75) is 53.0 Å². The predicted molar refractivity (Wildman–Crippen MR) is 141 cm³/mol. The van der Waals surface area contributed by atoms with E-state index in [9.17, 15) is 15.2 Å². The third-order valence-corrected chi connectivity index (χ3v) is 7.04. The summed E-state index contributed by atoms with van der Waals surface area (Å²) in [6.45, 7) is 8.90. The second-order valence-corrected chi connectivity index (χ2v) is 10.1. The van der Waals surface area contributed by atoms with Gasteiger partial charge in [-0.15, -0.1) is 0 Å². The van der Waals surface area contributed by atoms with E-state index in [-0.39, 0.29) is 5.92 Å². The van der Waals surface area contributed by atoms with Crippen LogP contribution in [0.2, 0.25) is 0 Å². The number of rotatable bonds is 8. The van der Waals surface area contributed by atoms with Crippen molar-refractivity contribution in [3.8, 4) is 28.6 Å². The van der Waals surface area contributed by atoms with Gasteiger partial charge in [-0.05, 0) is 73.0 Å². The lowest BCUT2D eigenvalue weighted by atomic mass is 9.93. The minimum absolute atomic E-state index is 0.218. The van der Waals surface area contributed by atoms with Crippen molar-refractivity contribution < 1.29 is 9.90 Å². The Morgan fingerprint density at radius 3 is 2.44 bits per heavy atom. The summed E-state index contributed by atoms with van der Waals surface area (Å²) < 4.78 is 0. The normalized spacial score (nSPS) is 14.6. The number of nitrogens with zero attached hydrogens (tertiary/aromatic N) is 4. The number of piperidine rings is 1. The van der Waals surface area contributed by atoms with Crippen LogP contribution in [0, 0.1) is 23.2 Å². The Labute approximate surface area is 213 Å². The summed E-state index contributed by atoms with van der Waals surface area (Å²) in [7, 11) is 0. The lowest BCUT2D eigenvalue weighted by molar-refractivity contribution is -0.143. The van der Waals surface area contributed by atoms with Gasteiger partial charge in [-0.2, -0.15) is 5.26 Å². The Balaban J connectivity index is 1.54. The topological polar surface area (TPSA) is 90.1 Å². The third kappa shape index (κ3) is 5.80. The molecule has 0 amide bonds. The number of nitriles is 1. The molecule has 0 saturated carbocycles. The van der Waals surface area contributed by atoms with Gasteiger partial charge < -0.3 is 5.11 Å². The van der Waals surface area contributed by atoms with E-state index in [0.29, 0.717) is 30.1 Å². The highest BCUT2D eigenvalue weighted by molar-refractivity contribution is 5.70. The van der Waals surface area contributed by atoms with Gasteiger partial charge in [0.25, 0.3) is 0 Å². The number of benzene rings is 2. The SMILES string of the molecule is CCc1c(CN2CCC(C(=O)O)CC2)cccc1-c1cnc(-c2ccc(CC(C)C)c(C#N)c2)nc1. The van der Waals surface area contributed by atoms with Crippen LogP contribution in [0.3, 0.4) is 0 Å². The van der Waals surface area contributed by atoms with Crippen LogP contribution >= 0.6 is 0 Å². The first-order valence-electron chi connectivity index (χ1n) is 12.8. The van der Waals surface area contributed by atoms with Gasteiger partial charge in [0.05, 0.1) is 17.6 Å². The molecule has 0 radical (unpaired) electrons. The number of aliphatic carboxylic acids is 1. The van der Waals surface area contributed by atoms with Crippen LogP contribution in [-0.2, 0) is 24.2 Å². The number of aromatic nitrogens is 2. The molecule has 36 heavy (non-hydrogen) atoms. The predicted octanol–water partition coefficient (Wildman–Crippen LogP) is 5.74. The Kier molecular flexibility index (Phi) is 8.12. The maximum Gasteiger partial charge on any atom is 0.306 e. The summed E-state index contributed by atoms with van der Waals surface area (Å²) in [5.74, 6) is 0.203. The first-order chi connectivity index (χ1) is 17.4. The Hall–Kier alpha value is -3.56. The molecule has 0 atom stereocenters. The lowest BCUT2D eigenvalue weighted by Crippen LogP contribution is -2.36. The Morgan fingerprint density at radius 1 is 1.11 bits per heavy atom. The second-order valence-electron chi connectivity index (χ2n) is 10.1. The molecule has 0 unspecified atom stereocenters. The third-order valence-electron chi connectivity index (χ3n) is 7.04. The largest absolute Gasteiger partial charge is 0.481 e. The molecule has 2 heterocycles. The Bertz CT molecular complexity index is 1250. The number of carbonyl (C=O) groups is 1. The summed E-state index contributed by atoms with van der Waals surface area (Å²) in [6, 6.07) is 14.6. The summed E-state index contributed by atoms with van der Waals surface area (Å²) in [5.41, 5.74) is 7.24. The van der Waals surface area contributed by atoms with Crippen molar-refractivity contribution in [2.75, 3.05) is 13.1 Å². The second kappa shape index (κ2) is 11.5. The quantitative estimate of drug-likeness (QED) is 0.440. The number of hydrogen-bond acceptors (Lipinski definition) is 5. The van der Waals surface area contributed by atoms with Crippen LogP contribution in [0.1, 0.15) is 55.9 Å². The zero-order valence-corrected chi connectivity index (χ0v) is 21.4. The van der Waals surface area contributed by atoms with Crippen molar-refractivity contribution in [2.24, 2.45) is 11.8 Å². The zero-order valence-electron chi connectivity index (χ0n) is 21.4. The van der Waals surface area contributed by atoms with Crippen molar-refractivity contribution in [1.82, 2.24) is 14.9 Å². The first kappa shape index (κ1) is 25.5. The van der Waals surface area contributed by atoms with E-state index in [2.05, 4.69) is 59.9 Å². The fourth-order valence-corrected chi connectivity index (χ4v) is 5.10. The molecular formula is C30H34N4O2. The van der Waals surface area contributed by atoms with E-state index in [1.807, 2.05) is 30.6 Å². The molecular weight excluding hydrogens is 448 g/mol. The molecule has 1 N–H and O–H groups in total. The van der Waals surface area contributed by atoms with Gasteiger partial charge in [0.15, 0.2) is 5.82 Å². The van der Waals surface area contributed by atoms with Gasteiger partial charge in [-0.25, -0.2) is 9.97 Å². The highest BCUT2D eigenvalue weighted by Crippen LogP contribution is 2.29. The summed E-state index contributed by atoms with van der Waals surface area (Å²) in [6.07, 6.45) is 6.91. The molecule has 1 aliphatic rings. The smallest absolute Gasteiger partial charge is 0.306 e. The van der Waals surface area contributed by atoms with Crippen LogP contribution in [0.4, 0.5) is 0 Å². The molecule has 0 spiro atoms. The van der Waals surface area contributed by atoms with Crippen molar-refractivity contribution in [3.63, 3.8) is 0 Å². The molecule has 1 aromatic heterocycles. The van der Waals surface area contributed by atoms with Crippen molar-refractivity contribution in [1.29, 1.82) is 5.26 Å². The maximum atomic E-state index is 11.3. The minimum atomic E-state index is -0.676.